The molecule has 0 aromatic heterocycles. The summed E-state index contributed by atoms with van der Waals surface area (Å²) in [5, 5.41) is 1.94. The summed E-state index contributed by atoms with van der Waals surface area (Å²) in [6, 6.07) is 0. The quantitative estimate of drug-likeness (QED) is 0.215. The van der Waals surface area contributed by atoms with Gasteiger partial charge in [-0.2, -0.15) is 25.3 Å². The van der Waals surface area contributed by atoms with E-state index in [1.807, 2.05) is 23.6 Å². The van der Waals surface area contributed by atoms with E-state index in [1.165, 1.54) is 0 Å². The fraction of sp³-hybridized carbons (Fsp3) is 0.846. The van der Waals surface area contributed by atoms with Gasteiger partial charge in [0.15, 0.2) is 10.2 Å². The van der Waals surface area contributed by atoms with Gasteiger partial charge in [0.1, 0.15) is 0 Å². The molecule has 36 heavy (non-hydrogen) atoms. The van der Waals surface area contributed by atoms with E-state index in [2.05, 4.69) is 27.7 Å². The maximum absolute atomic E-state index is 12.4. The number of rotatable bonds is 15. The van der Waals surface area contributed by atoms with Crippen molar-refractivity contribution in [2.75, 3.05) is 39.3 Å². The lowest BCUT2D eigenvalue weighted by Crippen LogP contribution is -2.40. The molecule has 0 aliphatic carbocycles. The normalized spacial score (nSPS) is 19.2. The van der Waals surface area contributed by atoms with Gasteiger partial charge in [-0.05, 0) is 87.6 Å². The van der Waals surface area contributed by atoms with Crippen molar-refractivity contribution in [1.82, 2.24) is 19.6 Å². The van der Waals surface area contributed by atoms with Crippen LogP contribution in [0.2, 0.25) is 0 Å². The first kappa shape index (κ1) is 31.6. The largest absolute Gasteiger partial charge is 0.340 e. The van der Waals surface area contributed by atoms with Crippen LogP contribution in [0.4, 0.5) is 0 Å². The molecule has 2 heterocycles. The Balaban J connectivity index is 1.71. The Kier molecular flexibility index (Phi) is 11.8. The molecule has 2 amide bonds. The number of carbonyl (C=O) groups is 2. The molecule has 2 saturated heterocycles. The van der Waals surface area contributed by atoms with Crippen LogP contribution in [-0.2, 0) is 9.59 Å². The molecular weight excluding hydrogens is 529 g/mol. The van der Waals surface area contributed by atoms with Gasteiger partial charge in [0.25, 0.3) is 0 Å². The molecule has 0 saturated carbocycles. The SMILES string of the molecule is CCN1CC(=O)N(CC(C)(C)CCC(S)CCC(S)CCC(C)(C)CN2C(=O)CN(CC)C2=S)C1=S. The zero-order valence-corrected chi connectivity index (χ0v) is 26.4. The molecule has 0 aromatic rings. The molecule has 0 aromatic carbocycles. The maximum Gasteiger partial charge on any atom is 0.248 e. The van der Waals surface area contributed by atoms with Gasteiger partial charge in [-0.15, -0.1) is 0 Å². The lowest BCUT2D eigenvalue weighted by atomic mass is 9.85. The minimum Gasteiger partial charge on any atom is -0.340 e. The van der Waals surface area contributed by atoms with Crippen LogP contribution in [0.15, 0.2) is 0 Å². The highest BCUT2D eigenvalue weighted by Crippen LogP contribution is 2.31. The summed E-state index contributed by atoms with van der Waals surface area (Å²) in [6.45, 7) is 16.5. The minimum atomic E-state index is -0.0181. The maximum atomic E-state index is 12.4. The number of likely N-dealkylation sites (N-methyl/N-ethyl adjacent to an activating group) is 2. The van der Waals surface area contributed by atoms with Gasteiger partial charge in [0.2, 0.25) is 11.8 Å². The molecule has 2 aliphatic rings. The second-order valence-electron chi connectivity index (χ2n) is 11.8. The monoisotopic (exact) mass is 574 g/mol. The highest BCUT2D eigenvalue weighted by atomic mass is 32.1. The third-order valence-corrected chi connectivity index (χ3v) is 9.32. The van der Waals surface area contributed by atoms with Crippen molar-refractivity contribution in [3.8, 4) is 0 Å². The molecule has 2 rings (SSSR count). The molecule has 2 unspecified atom stereocenters. The van der Waals surface area contributed by atoms with Crippen LogP contribution in [0, 0.1) is 10.8 Å². The first-order chi connectivity index (χ1) is 16.7. The molecule has 2 atom stereocenters. The lowest BCUT2D eigenvalue weighted by molar-refractivity contribution is -0.126. The topological polar surface area (TPSA) is 47.1 Å². The first-order valence-corrected chi connectivity index (χ1v) is 15.1. The highest BCUT2D eigenvalue weighted by Gasteiger charge is 2.36. The van der Waals surface area contributed by atoms with Crippen LogP contribution >= 0.6 is 49.7 Å². The van der Waals surface area contributed by atoms with Gasteiger partial charge in [-0.25, -0.2) is 0 Å². The minimum absolute atomic E-state index is 0.0181. The Morgan fingerprint density at radius 1 is 0.722 bits per heavy atom. The third-order valence-electron chi connectivity index (χ3n) is 7.33. The molecule has 0 radical (unpaired) electrons. The Hall–Kier alpha value is -0.580. The van der Waals surface area contributed by atoms with E-state index in [9.17, 15) is 9.59 Å². The van der Waals surface area contributed by atoms with Crippen LogP contribution in [0.5, 0.6) is 0 Å². The summed E-state index contributed by atoms with van der Waals surface area (Å²) in [6.07, 6.45) is 6.00. The van der Waals surface area contributed by atoms with E-state index < -0.39 is 0 Å². The molecule has 2 aliphatic heterocycles. The summed E-state index contributed by atoms with van der Waals surface area (Å²) < 4.78 is 0. The predicted octanol–water partition coefficient (Wildman–Crippen LogP) is 4.87. The number of amides is 2. The van der Waals surface area contributed by atoms with Crippen LogP contribution in [0.3, 0.4) is 0 Å². The van der Waals surface area contributed by atoms with Crippen molar-refractivity contribution in [2.45, 2.75) is 90.6 Å². The van der Waals surface area contributed by atoms with Gasteiger partial charge in [-0.3, -0.25) is 19.4 Å². The molecule has 2 fully saturated rings. The Morgan fingerprint density at radius 2 is 1.06 bits per heavy atom. The van der Waals surface area contributed by atoms with E-state index in [-0.39, 0.29) is 22.6 Å². The van der Waals surface area contributed by atoms with E-state index in [4.69, 9.17) is 49.7 Å². The van der Waals surface area contributed by atoms with Crippen molar-refractivity contribution < 1.29 is 9.59 Å². The number of carbonyl (C=O) groups excluding carboxylic acids is 2. The molecule has 206 valence electrons. The van der Waals surface area contributed by atoms with Crippen molar-refractivity contribution in [3.63, 3.8) is 0 Å². The second kappa shape index (κ2) is 13.5. The smallest absolute Gasteiger partial charge is 0.248 e. The first-order valence-electron chi connectivity index (χ1n) is 13.2. The van der Waals surface area contributed by atoms with Crippen LogP contribution in [0.25, 0.3) is 0 Å². The van der Waals surface area contributed by atoms with Crippen LogP contribution in [-0.4, -0.2) is 91.4 Å². The van der Waals surface area contributed by atoms with Crippen molar-refractivity contribution in [3.05, 3.63) is 0 Å². The number of thiol groups is 2. The van der Waals surface area contributed by atoms with Crippen LogP contribution in [0.1, 0.15) is 80.1 Å². The van der Waals surface area contributed by atoms with Crippen molar-refractivity contribution in [1.29, 1.82) is 0 Å². The van der Waals surface area contributed by atoms with E-state index in [0.29, 0.717) is 46.9 Å². The summed E-state index contributed by atoms with van der Waals surface area (Å²) >= 11 is 20.7. The zero-order valence-electron chi connectivity index (χ0n) is 23.0. The average molecular weight is 575 g/mol. The third kappa shape index (κ3) is 9.02. The Bertz CT molecular complexity index is 754. The van der Waals surface area contributed by atoms with Gasteiger partial charge in [-0.1, -0.05) is 27.7 Å². The lowest BCUT2D eigenvalue weighted by Gasteiger charge is -2.32. The molecular formula is C26H46N4O2S4. The zero-order chi connectivity index (χ0) is 27.3. The van der Waals surface area contributed by atoms with E-state index in [0.717, 1.165) is 51.6 Å². The number of thiocarbonyl (C=S) groups is 2. The summed E-state index contributed by atoms with van der Waals surface area (Å²) in [5.41, 5.74) is -0.0361. The van der Waals surface area contributed by atoms with Gasteiger partial charge in [0.05, 0.1) is 13.1 Å². The van der Waals surface area contributed by atoms with E-state index >= 15 is 0 Å². The van der Waals surface area contributed by atoms with Gasteiger partial charge < -0.3 is 9.80 Å². The second-order valence-corrected chi connectivity index (χ2v) is 14.0. The van der Waals surface area contributed by atoms with Crippen molar-refractivity contribution in [2.24, 2.45) is 10.8 Å². The standard InChI is InChI=1S/C26H46N4O2S4/c1-7-27-15-21(31)29(23(27)35)17-25(3,4)13-11-19(33)9-10-20(34)12-14-26(5,6)18-30-22(32)16-28(8-2)24(30)36/h19-20,33-34H,7-18H2,1-6H3. The van der Waals surface area contributed by atoms with Crippen molar-refractivity contribution >= 4 is 71.7 Å². The average Bonchev–Trinajstić information content (AvgIpc) is 3.23. The highest BCUT2D eigenvalue weighted by molar-refractivity contribution is 7.81. The number of hydrogen-bond acceptors (Lipinski definition) is 6. The Labute approximate surface area is 240 Å². The summed E-state index contributed by atoms with van der Waals surface area (Å²) in [7, 11) is 0. The van der Waals surface area contributed by atoms with E-state index in [1.54, 1.807) is 9.80 Å². The molecule has 0 bridgehead atoms. The van der Waals surface area contributed by atoms with Gasteiger partial charge in [0, 0.05) is 36.7 Å². The van der Waals surface area contributed by atoms with Gasteiger partial charge >= 0.3 is 0 Å². The number of hydrogen-bond donors (Lipinski definition) is 2. The molecule has 6 nitrogen and oxygen atoms in total. The molecule has 0 N–H and O–H groups in total. The molecule has 10 heteroatoms. The van der Waals surface area contributed by atoms with Crippen LogP contribution < -0.4 is 0 Å². The summed E-state index contributed by atoms with van der Waals surface area (Å²) in [4.78, 5) is 32.2. The number of nitrogens with zero attached hydrogens (tertiary/aromatic N) is 4. The fourth-order valence-corrected chi connectivity index (χ4v) is 6.07. The summed E-state index contributed by atoms with van der Waals surface area (Å²) in [5.74, 6) is 0.216. The molecule has 0 spiro atoms. The predicted molar refractivity (Wildman–Crippen MR) is 164 cm³/mol. The fourth-order valence-electron chi connectivity index (χ4n) is 4.80. The Morgan fingerprint density at radius 3 is 1.33 bits per heavy atom.